The van der Waals surface area contributed by atoms with Gasteiger partial charge in [0.05, 0.1) is 0 Å². The van der Waals surface area contributed by atoms with Crippen LogP contribution in [-0.2, 0) is 6.54 Å². The normalized spacial score (nSPS) is 10.2. The summed E-state index contributed by atoms with van der Waals surface area (Å²) in [5.41, 5.74) is 8.83. The number of benzene rings is 1. The second kappa shape index (κ2) is 6.45. The minimum absolute atomic E-state index is 0.132. The number of hydrogen-bond donors (Lipinski definition) is 1. The first-order valence-electron chi connectivity index (χ1n) is 6.55. The van der Waals surface area contributed by atoms with Crippen LogP contribution in [0.1, 0.15) is 27.2 Å². The van der Waals surface area contributed by atoms with E-state index in [0.29, 0.717) is 17.8 Å². The molecule has 2 N–H and O–H groups in total. The highest BCUT2D eigenvalue weighted by molar-refractivity contribution is 7.80. The zero-order chi connectivity index (χ0) is 15.4. The molecule has 0 aliphatic rings. The van der Waals surface area contributed by atoms with E-state index >= 15 is 0 Å². The fraction of sp³-hybridized carbons (Fsp3) is 0.188. The molecule has 2 aromatic rings. The minimum Gasteiger partial charge on any atom is -0.389 e. The van der Waals surface area contributed by atoms with E-state index in [0.717, 1.165) is 11.1 Å². The monoisotopic (exact) mass is 299 g/mol. The molecule has 0 aliphatic heterocycles. The molecule has 0 atom stereocenters. The summed E-state index contributed by atoms with van der Waals surface area (Å²) in [5, 5.41) is 0. The van der Waals surface area contributed by atoms with Crippen LogP contribution in [0.15, 0.2) is 42.6 Å². The number of carbonyl (C=O) groups excluding carboxylic acids is 1. The first kappa shape index (κ1) is 15.1. The van der Waals surface area contributed by atoms with Gasteiger partial charge in [-0.1, -0.05) is 36.5 Å². The van der Waals surface area contributed by atoms with Crippen LogP contribution in [0.4, 0.5) is 0 Å². The Morgan fingerprint density at radius 1 is 1.29 bits per heavy atom. The number of hydrogen-bond acceptors (Lipinski definition) is 3. The van der Waals surface area contributed by atoms with E-state index in [1.54, 1.807) is 24.1 Å². The second-order valence-electron chi connectivity index (χ2n) is 4.88. The zero-order valence-electron chi connectivity index (χ0n) is 12.0. The third kappa shape index (κ3) is 3.64. The highest BCUT2D eigenvalue weighted by Gasteiger charge is 2.14. The average molecular weight is 299 g/mol. The van der Waals surface area contributed by atoms with Gasteiger partial charge in [0.2, 0.25) is 0 Å². The van der Waals surface area contributed by atoms with Crippen molar-refractivity contribution in [2.24, 2.45) is 5.73 Å². The highest BCUT2D eigenvalue weighted by Crippen LogP contribution is 2.11. The molecule has 0 saturated heterocycles. The smallest absolute Gasteiger partial charge is 0.272 e. The summed E-state index contributed by atoms with van der Waals surface area (Å²) in [5.74, 6) is -0.132. The Kier molecular flexibility index (Phi) is 4.65. The van der Waals surface area contributed by atoms with E-state index in [2.05, 4.69) is 4.98 Å². The fourth-order valence-corrected chi connectivity index (χ4v) is 2.10. The molecule has 108 valence electrons. The van der Waals surface area contributed by atoms with Gasteiger partial charge >= 0.3 is 0 Å². The van der Waals surface area contributed by atoms with Crippen LogP contribution < -0.4 is 5.73 Å². The quantitative estimate of drug-likeness (QED) is 0.880. The largest absolute Gasteiger partial charge is 0.389 e. The lowest BCUT2D eigenvalue weighted by Crippen LogP contribution is -2.27. The van der Waals surface area contributed by atoms with Crippen molar-refractivity contribution in [3.05, 3.63) is 65.0 Å². The van der Waals surface area contributed by atoms with Crippen molar-refractivity contribution in [1.82, 2.24) is 9.88 Å². The van der Waals surface area contributed by atoms with Gasteiger partial charge in [-0.25, -0.2) is 0 Å². The number of rotatable bonds is 4. The zero-order valence-corrected chi connectivity index (χ0v) is 12.9. The van der Waals surface area contributed by atoms with Crippen molar-refractivity contribution >= 4 is 23.1 Å². The molecule has 0 spiro atoms. The summed E-state index contributed by atoms with van der Waals surface area (Å²) in [4.78, 5) is 18.4. The van der Waals surface area contributed by atoms with Crippen molar-refractivity contribution < 1.29 is 4.79 Å². The average Bonchev–Trinajstić information content (AvgIpc) is 2.49. The highest BCUT2D eigenvalue weighted by atomic mass is 32.1. The summed E-state index contributed by atoms with van der Waals surface area (Å²) in [6, 6.07) is 11.4. The van der Waals surface area contributed by atoms with Gasteiger partial charge < -0.3 is 10.6 Å². The molecular weight excluding hydrogens is 282 g/mol. The van der Waals surface area contributed by atoms with Crippen LogP contribution in [0.3, 0.4) is 0 Å². The molecule has 0 aliphatic carbocycles. The minimum atomic E-state index is -0.132. The van der Waals surface area contributed by atoms with E-state index in [1.807, 2.05) is 31.2 Å². The van der Waals surface area contributed by atoms with Crippen LogP contribution >= 0.6 is 12.2 Å². The number of aryl methyl sites for hydroxylation is 1. The molecule has 0 bridgehead atoms. The number of nitrogens with zero attached hydrogens (tertiary/aromatic N) is 2. The van der Waals surface area contributed by atoms with Gasteiger partial charge in [-0.3, -0.25) is 9.78 Å². The lowest BCUT2D eigenvalue weighted by molar-refractivity contribution is 0.0779. The molecule has 1 aromatic carbocycles. The summed E-state index contributed by atoms with van der Waals surface area (Å²) in [6.07, 6.45) is 1.52. The van der Waals surface area contributed by atoms with Gasteiger partial charge in [0, 0.05) is 25.4 Å². The van der Waals surface area contributed by atoms with E-state index in [1.165, 1.54) is 6.20 Å². The van der Waals surface area contributed by atoms with Crippen molar-refractivity contribution in [1.29, 1.82) is 0 Å². The van der Waals surface area contributed by atoms with Gasteiger partial charge in [0.15, 0.2) is 0 Å². The topological polar surface area (TPSA) is 59.2 Å². The molecule has 1 aromatic heterocycles. The number of amides is 1. The van der Waals surface area contributed by atoms with Crippen molar-refractivity contribution in [3.8, 4) is 0 Å². The van der Waals surface area contributed by atoms with E-state index in [-0.39, 0.29) is 10.9 Å². The van der Waals surface area contributed by atoms with Gasteiger partial charge in [-0.2, -0.15) is 0 Å². The maximum atomic E-state index is 12.3. The van der Waals surface area contributed by atoms with Crippen LogP contribution in [0.25, 0.3) is 0 Å². The SMILES string of the molecule is Cc1ccccc1CN(C)C(=O)c1ccc(C(N)=S)cn1. The van der Waals surface area contributed by atoms with Crippen molar-refractivity contribution in [2.45, 2.75) is 13.5 Å². The number of nitrogens with two attached hydrogens (primary N) is 1. The first-order valence-corrected chi connectivity index (χ1v) is 6.95. The Balaban J connectivity index is 2.12. The number of carbonyl (C=O) groups is 1. The summed E-state index contributed by atoms with van der Waals surface area (Å²) in [7, 11) is 1.76. The van der Waals surface area contributed by atoms with E-state index < -0.39 is 0 Å². The molecule has 0 radical (unpaired) electrons. The Bertz CT molecular complexity index is 667. The molecule has 1 heterocycles. The van der Waals surface area contributed by atoms with Crippen LogP contribution in [0, 0.1) is 6.92 Å². The Morgan fingerprint density at radius 2 is 2.00 bits per heavy atom. The molecule has 0 fully saturated rings. The maximum Gasteiger partial charge on any atom is 0.272 e. The standard InChI is InChI=1S/C16H17N3OS/c1-11-5-3-4-6-13(11)10-19(2)16(20)14-8-7-12(9-18-14)15(17)21/h3-9H,10H2,1-2H3,(H2,17,21). The third-order valence-corrected chi connectivity index (χ3v) is 3.52. The van der Waals surface area contributed by atoms with Gasteiger partial charge in [0.25, 0.3) is 5.91 Å². The number of pyridine rings is 1. The molecule has 2 rings (SSSR count). The lowest BCUT2D eigenvalue weighted by Gasteiger charge is -2.18. The predicted molar refractivity (Wildman–Crippen MR) is 87.1 cm³/mol. The van der Waals surface area contributed by atoms with Crippen molar-refractivity contribution in [2.75, 3.05) is 7.05 Å². The summed E-state index contributed by atoms with van der Waals surface area (Å²) in [6.45, 7) is 2.58. The number of thiocarbonyl (C=S) groups is 1. The molecule has 0 unspecified atom stereocenters. The molecule has 4 nitrogen and oxygen atoms in total. The van der Waals surface area contributed by atoms with Crippen molar-refractivity contribution in [3.63, 3.8) is 0 Å². The van der Waals surface area contributed by atoms with Gasteiger partial charge in [-0.05, 0) is 30.2 Å². The Hall–Kier alpha value is -2.27. The summed E-state index contributed by atoms with van der Waals surface area (Å²) < 4.78 is 0. The fourth-order valence-electron chi connectivity index (χ4n) is 1.98. The first-order chi connectivity index (χ1) is 9.99. The molecule has 0 saturated carbocycles. The Morgan fingerprint density at radius 3 is 2.57 bits per heavy atom. The number of aromatic nitrogens is 1. The van der Waals surface area contributed by atoms with Gasteiger partial charge in [0.1, 0.15) is 10.7 Å². The molecule has 1 amide bonds. The van der Waals surface area contributed by atoms with E-state index in [9.17, 15) is 4.79 Å². The lowest BCUT2D eigenvalue weighted by atomic mass is 10.1. The maximum absolute atomic E-state index is 12.3. The molecular formula is C16H17N3OS. The van der Waals surface area contributed by atoms with E-state index in [4.69, 9.17) is 18.0 Å². The van der Waals surface area contributed by atoms with Crippen LogP contribution in [0.2, 0.25) is 0 Å². The molecule has 21 heavy (non-hydrogen) atoms. The second-order valence-corrected chi connectivity index (χ2v) is 5.32. The predicted octanol–water partition coefficient (Wildman–Crippen LogP) is 2.30. The van der Waals surface area contributed by atoms with Crippen LogP contribution in [0.5, 0.6) is 0 Å². The summed E-state index contributed by atoms with van der Waals surface area (Å²) >= 11 is 4.87. The molecule has 5 heteroatoms. The third-order valence-electron chi connectivity index (χ3n) is 3.28. The van der Waals surface area contributed by atoms with Crippen LogP contribution in [-0.4, -0.2) is 27.8 Å². The van der Waals surface area contributed by atoms with Gasteiger partial charge in [-0.15, -0.1) is 0 Å². The Labute approximate surface area is 129 Å².